The van der Waals surface area contributed by atoms with Crippen LogP contribution in [-0.2, 0) is 9.59 Å². The molecule has 7 heteroatoms. The van der Waals surface area contributed by atoms with Gasteiger partial charge in [0.1, 0.15) is 13.1 Å². The second kappa shape index (κ2) is 7.17. The Labute approximate surface area is 167 Å². The highest BCUT2D eigenvalue weighted by Gasteiger charge is 2.51. The first-order valence-electron chi connectivity index (χ1n) is 10.5. The molecule has 2 saturated heterocycles. The number of carbonyl (C=O) groups is 3. The third-order valence-corrected chi connectivity index (χ3v) is 7.45. The van der Waals surface area contributed by atoms with E-state index in [1.807, 2.05) is 4.90 Å². The Hall–Kier alpha value is -1.89. The summed E-state index contributed by atoms with van der Waals surface area (Å²) in [5.74, 6) is 1.16. The van der Waals surface area contributed by atoms with Gasteiger partial charge >= 0.3 is 6.03 Å². The number of allylic oxidation sites excluding steroid dienone is 1. The van der Waals surface area contributed by atoms with Crippen LogP contribution in [0.3, 0.4) is 0 Å². The lowest BCUT2D eigenvalue weighted by atomic mass is 9.49. The van der Waals surface area contributed by atoms with E-state index in [4.69, 9.17) is 0 Å². The smallest absolute Gasteiger partial charge is 0.327 e. The molecule has 0 N–H and O–H groups in total. The van der Waals surface area contributed by atoms with E-state index in [1.165, 1.54) is 17.7 Å². The van der Waals surface area contributed by atoms with Crippen molar-refractivity contribution in [1.29, 1.82) is 0 Å². The summed E-state index contributed by atoms with van der Waals surface area (Å²) in [5.41, 5.74) is 2.03. The highest BCUT2D eigenvalue weighted by Crippen LogP contribution is 2.59. The van der Waals surface area contributed by atoms with Crippen LogP contribution in [0.15, 0.2) is 11.6 Å². The topological polar surface area (TPSA) is 64.2 Å². The van der Waals surface area contributed by atoms with Crippen molar-refractivity contribution in [2.75, 3.05) is 52.9 Å². The normalized spacial score (nSPS) is 30.2. The maximum absolute atomic E-state index is 12.7. The van der Waals surface area contributed by atoms with Crippen LogP contribution in [0, 0.1) is 17.3 Å². The molecular weight excluding hydrogens is 356 g/mol. The van der Waals surface area contributed by atoms with Crippen molar-refractivity contribution in [3.63, 3.8) is 0 Å². The third-order valence-electron chi connectivity index (χ3n) is 7.45. The Morgan fingerprint density at radius 3 is 2.61 bits per heavy atom. The second-order valence-corrected chi connectivity index (χ2v) is 9.45. The molecule has 0 aromatic rings. The summed E-state index contributed by atoms with van der Waals surface area (Å²) in [5, 5.41) is 0. The number of hydrogen-bond acceptors (Lipinski definition) is 4. The third kappa shape index (κ3) is 3.34. The zero-order valence-corrected chi connectivity index (χ0v) is 17.3. The summed E-state index contributed by atoms with van der Waals surface area (Å²) in [6.45, 7) is 8.94. The quantitative estimate of drug-likeness (QED) is 0.540. The summed E-state index contributed by atoms with van der Waals surface area (Å²) in [4.78, 5) is 43.3. The Bertz CT molecular complexity index is 716. The molecule has 2 aliphatic heterocycles. The lowest BCUT2D eigenvalue weighted by Crippen LogP contribution is -2.50. The van der Waals surface area contributed by atoms with Gasteiger partial charge in [0, 0.05) is 39.8 Å². The predicted molar refractivity (Wildman–Crippen MR) is 105 cm³/mol. The summed E-state index contributed by atoms with van der Waals surface area (Å²) in [6, 6.07) is -0.375. The molecule has 28 heavy (non-hydrogen) atoms. The van der Waals surface area contributed by atoms with Gasteiger partial charge in [-0.1, -0.05) is 25.5 Å². The number of imide groups is 1. The maximum Gasteiger partial charge on any atom is 0.327 e. The van der Waals surface area contributed by atoms with Crippen LogP contribution >= 0.6 is 0 Å². The molecule has 0 spiro atoms. The average molecular weight is 389 g/mol. The predicted octanol–water partition coefficient (Wildman–Crippen LogP) is 1.41. The molecule has 3 aliphatic carbocycles. The Morgan fingerprint density at radius 2 is 1.96 bits per heavy atom. The molecule has 4 amide bonds. The van der Waals surface area contributed by atoms with Crippen LogP contribution in [0.1, 0.15) is 33.1 Å². The van der Waals surface area contributed by atoms with Crippen molar-refractivity contribution in [3.05, 3.63) is 11.6 Å². The minimum absolute atomic E-state index is 0.0629. The van der Waals surface area contributed by atoms with Crippen molar-refractivity contribution in [2.24, 2.45) is 17.3 Å². The molecule has 2 heterocycles. The van der Waals surface area contributed by atoms with Gasteiger partial charge < -0.3 is 9.80 Å². The molecule has 5 rings (SSSR count). The molecule has 7 nitrogen and oxygen atoms in total. The van der Waals surface area contributed by atoms with Crippen molar-refractivity contribution in [1.82, 2.24) is 19.6 Å². The zero-order valence-electron chi connectivity index (χ0n) is 17.3. The monoisotopic (exact) mass is 388 g/mol. The molecule has 0 unspecified atom stereocenters. The fraction of sp³-hybridized carbons (Fsp3) is 0.762. The SMILES string of the molecule is CN1CC(=O)N(CC(=O)N2CCCN(CC3=CC[C@H]4C[C@@H]3C4(C)C)CC2)C1=O. The number of urea groups is 1. The van der Waals surface area contributed by atoms with Gasteiger partial charge in [-0.25, -0.2) is 4.79 Å². The number of likely N-dealkylation sites (N-methyl/N-ethyl adjacent to an activating group) is 1. The first-order valence-corrected chi connectivity index (χ1v) is 10.5. The Balaban J connectivity index is 1.30. The fourth-order valence-corrected chi connectivity index (χ4v) is 5.35. The molecule has 0 radical (unpaired) electrons. The second-order valence-electron chi connectivity index (χ2n) is 9.45. The number of fused-ring (bicyclic) bond motifs is 1. The lowest BCUT2D eigenvalue weighted by Gasteiger charge is -2.57. The van der Waals surface area contributed by atoms with Crippen LogP contribution in [0.4, 0.5) is 4.79 Å². The molecule has 1 saturated carbocycles. The summed E-state index contributed by atoms with van der Waals surface area (Å²) < 4.78 is 0. The molecular formula is C21H32N4O3. The molecule has 0 aromatic carbocycles. The Morgan fingerprint density at radius 1 is 1.18 bits per heavy atom. The fourth-order valence-electron chi connectivity index (χ4n) is 5.35. The standard InChI is InChI=1S/C21H32N4O3/c1-21(2)16-6-5-15(17(21)11-16)12-23-7-4-8-24(10-9-23)18(26)14-25-19(27)13-22(3)20(25)28/h5,16-17H,4,6-14H2,1-3H3/t16-,17-/m0/s1. The van der Waals surface area contributed by atoms with Gasteiger partial charge in [-0.2, -0.15) is 0 Å². The van der Waals surface area contributed by atoms with Crippen molar-refractivity contribution >= 4 is 17.8 Å². The molecule has 154 valence electrons. The van der Waals surface area contributed by atoms with Crippen LogP contribution in [0.25, 0.3) is 0 Å². The van der Waals surface area contributed by atoms with Crippen LogP contribution in [0.2, 0.25) is 0 Å². The van der Waals surface area contributed by atoms with Crippen molar-refractivity contribution < 1.29 is 14.4 Å². The van der Waals surface area contributed by atoms with Crippen LogP contribution < -0.4 is 0 Å². The minimum atomic E-state index is -0.375. The van der Waals surface area contributed by atoms with E-state index >= 15 is 0 Å². The Kier molecular flexibility index (Phi) is 4.98. The molecule has 2 atom stereocenters. The number of rotatable bonds is 4. The van der Waals surface area contributed by atoms with E-state index < -0.39 is 0 Å². The van der Waals surface area contributed by atoms with Gasteiger partial charge in [0.15, 0.2) is 0 Å². The number of amides is 4. The van der Waals surface area contributed by atoms with Crippen LogP contribution in [-0.4, -0.2) is 90.3 Å². The summed E-state index contributed by atoms with van der Waals surface area (Å²) >= 11 is 0. The highest BCUT2D eigenvalue weighted by molar-refractivity contribution is 6.04. The number of hydrogen-bond donors (Lipinski definition) is 0. The van der Waals surface area contributed by atoms with Gasteiger partial charge in [-0.3, -0.25) is 19.4 Å². The van der Waals surface area contributed by atoms with E-state index in [1.54, 1.807) is 12.6 Å². The van der Waals surface area contributed by atoms with E-state index in [0.717, 1.165) is 42.8 Å². The number of nitrogens with zero attached hydrogens (tertiary/aromatic N) is 4. The van der Waals surface area contributed by atoms with E-state index in [2.05, 4.69) is 24.8 Å². The summed E-state index contributed by atoms with van der Waals surface area (Å²) in [6.07, 6.45) is 5.93. The molecule has 2 bridgehead atoms. The largest absolute Gasteiger partial charge is 0.340 e. The first-order chi connectivity index (χ1) is 13.3. The lowest BCUT2D eigenvalue weighted by molar-refractivity contribution is -0.136. The van der Waals surface area contributed by atoms with Crippen molar-refractivity contribution in [2.45, 2.75) is 33.1 Å². The summed E-state index contributed by atoms with van der Waals surface area (Å²) in [7, 11) is 1.58. The van der Waals surface area contributed by atoms with Gasteiger partial charge in [-0.05, 0) is 36.5 Å². The first kappa shape index (κ1) is 19.4. The van der Waals surface area contributed by atoms with Gasteiger partial charge in [0.25, 0.3) is 5.91 Å². The van der Waals surface area contributed by atoms with Gasteiger partial charge in [0.05, 0.1) is 0 Å². The average Bonchev–Trinajstić information content (AvgIpc) is 2.83. The van der Waals surface area contributed by atoms with Gasteiger partial charge in [-0.15, -0.1) is 0 Å². The van der Waals surface area contributed by atoms with E-state index in [9.17, 15) is 14.4 Å². The highest BCUT2D eigenvalue weighted by atomic mass is 16.2. The van der Waals surface area contributed by atoms with E-state index in [-0.39, 0.29) is 30.9 Å². The maximum atomic E-state index is 12.7. The van der Waals surface area contributed by atoms with Crippen LogP contribution in [0.5, 0.6) is 0 Å². The van der Waals surface area contributed by atoms with E-state index in [0.29, 0.717) is 18.5 Å². The molecule has 5 aliphatic rings. The van der Waals surface area contributed by atoms with Crippen molar-refractivity contribution in [3.8, 4) is 0 Å². The molecule has 0 aromatic heterocycles. The minimum Gasteiger partial charge on any atom is -0.340 e. The molecule has 3 fully saturated rings. The zero-order chi connectivity index (χ0) is 20.1. The van der Waals surface area contributed by atoms with Gasteiger partial charge in [0.2, 0.25) is 5.91 Å². The number of carbonyl (C=O) groups excluding carboxylic acids is 3.